The van der Waals surface area contributed by atoms with Gasteiger partial charge in [-0.3, -0.25) is 9.69 Å². The molecule has 0 radical (unpaired) electrons. The molecule has 5 heteroatoms. The number of piperidine rings is 1. The summed E-state index contributed by atoms with van der Waals surface area (Å²) in [6, 6.07) is 0.452. The van der Waals surface area contributed by atoms with Crippen molar-refractivity contribution in [3.8, 4) is 0 Å². The summed E-state index contributed by atoms with van der Waals surface area (Å²) in [5, 5.41) is 8.99. The van der Waals surface area contributed by atoms with E-state index in [1.807, 2.05) is 4.90 Å². The van der Waals surface area contributed by atoms with Gasteiger partial charge in [0, 0.05) is 30.3 Å². The average Bonchev–Trinajstić information content (AvgIpc) is 2.99. The molecule has 2 saturated heterocycles. The Morgan fingerprint density at radius 3 is 2.25 bits per heavy atom. The Morgan fingerprint density at radius 2 is 1.65 bits per heavy atom. The third-order valence-electron chi connectivity index (χ3n) is 4.54. The lowest BCUT2D eigenvalue weighted by molar-refractivity contribution is -0.134. The Morgan fingerprint density at radius 1 is 1.00 bits per heavy atom. The van der Waals surface area contributed by atoms with Gasteiger partial charge in [-0.15, -0.1) is 0 Å². The smallest absolute Gasteiger partial charge is 0.331 e. The van der Waals surface area contributed by atoms with Crippen LogP contribution in [0.25, 0.3) is 0 Å². The van der Waals surface area contributed by atoms with Crippen molar-refractivity contribution in [2.45, 2.75) is 45.6 Å². The number of carboxylic acid groups (broad SMARTS) is 1. The summed E-state index contributed by atoms with van der Waals surface area (Å²) < 4.78 is 0. The van der Waals surface area contributed by atoms with Gasteiger partial charge in [0.15, 0.2) is 0 Å². The predicted molar refractivity (Wildman–Crippen MR) is 76.4 cm³/mol. The fraction of sp³-hybridized carbons (Fsp3) is 0.733. The normalized spacial score (nSPS) is 25.5. The van der Waals surface area contributed by atoms with E-state index in [9.17, 15) is 9.59 Å². The number of hydrogen-bond acceptors (Lipinski definition) is 3. The standard InChI is InChI=1S/C15H24N2O3/c1-11(12(2)15(19)20)14(18)17-9-5-6-13(10-17)16-7-3-4-8-16/h13H,3-10H2,1-2H3,(H,19,20). The number of carboxylic acids is 1. The molecule has 0 bridgehead atoms. The first-order chi connectivity index (χ1) is 9.50. The largest absolute Gasteiger partial charge is 0.478 e. The van der Waals surface area contributed by atoms with E-state index >= 15 is 0 Å². The number of amides is 1. The van der Waals surface area contributed by atoms with E-state index in [4.69, 9.17) is 5.11 Å². The first-order valence-electron chi connectivity index (χ1n) is 7.45. The van der Waals surface area contributed by atoms with Gasteiger partial charge in [0.25, 0.3) is 0 Å². The third kappa shape index (κ3) is 3.20. The summed E-state index contributed by atoms with van der Waals surface area (Å²) in [6.07, 6.45) is 4.65. The quantitative estimate of drug-likeness (QED) is 0.796. The zero-order valence-electron chi connectivity index (χ0n) is 12.4. The third-order valence-corrected chi connectivity index (χ3v) is 4.54. The van der Waals surface area contributed by atoms with Crippen molar-refractivity contribution in [2.75, 3.05) is 26.2 Å². The SMILES string of the molecule is CC(C(=O)O)=C(C)C(=O)N1CCCC(N2CCCC2)C1. The number of aliphatic carboxylic acids is 1. The van der Waals surface area contributed by atoms with Gasteiger partial charge in [-0.2, -0.15) is 0 Å². The van der Waals surface area contributed by atoms with Crippen LogP contribution in [0.2, 0.25) is 0 Å². The monoisotopic (exact) mass is 280 g/mol. The molecular weight excluding hydrogens is 256 g/mol. The highest BCUT2D eigenvalue weighted by Crippen LogP contribution is 2.22. The molecule has 0 aromatic heterocycles. The summed E-state index contributed by atoms with van der Waals surface area (Å²) in [6.45, 7) is 6.87. The highest BCUT2D eigenvalue weighted by atomic mass is 16.4. The van der Waals surface area contributed by atoms with Gasteiger partial charge in [0.2, 0.25) is 5.91 Å². The Hall–Kier alpha value is -1.36. The van der Waals surface area contributed by atoms with Gasteiger partial charge in [-0.25, -0.2) is 4.79 Å². The van der Waals surface area contributed by atoms with E-state index in [2.05, 4.69) is 4.90 Å². The van der Waals surface area contributed by atoms with Crippen LogP contribution in [0.3, 0.4) is 0 Å². The van der Waals surface area contributed by atoms with Crippen LogP contribution in [-0.2, 0) is 9.59 Å². The predicted octanol–water partition coefficient (Wildman–Crippen LogP) is 1.49. The molecule has 1 amide bonds. The van der Waals surface area contributed by atoms with Gasteiger partial charge in [0.05, 0.1) is 0 Å². The average molecular weight is 280 g/mol. The second-order valence-corrected chi connectivity index (χ2v) is 5.85. The molecule has 1 atom stereocenters. The lowest BCUT2D eigenvalue weighted by Gasteiger charge is -2.37. The summed E-state index contributed by atoms with van der Waals surface area (Å²) in [4.78, 5) is 27.7. The van der Waals surface area contributed by atoms with Crippen LogP contribution in [0.15, 0.2) is 11.1 Å². The van der Waals surface area contributed by atoms with E-state index in [-0.39, 0.29) is 11.5 Å². The van der Waals surface area contributed by atoms with Crippen molar-refractivity contribution in [1.82, 2.24) is 9.80 Å². The number of nitrogens with zero attached hydrogens (tertiary/aromatic N) is 2. The molecule has 0 aliphatic carbocycles. The van der Waals surface area contributed by atoms with Gasteiger partial charge in [-0.05, 0) is 52.6 Å². The molecule has 112 valence electrons. The molecule has 0 spiro atoms. The molecule has 0 aromatic carbocycles. The van der Waals surface area contributed by atoms with Crippen LogP contribution in [0.1, 0.15) is 39.5 Å². The highest BCUT2D eigenvalue weighted by Gasteiger charge is 2.30. The maximum Gasteiger partial charge on any atom is 0.331 e. The van der Waals surface area contributed by atoms with Crippen molar-refractivity contribution in [2.24, 2.45) is 0 Å². The number of likely N-dealkylation sites (tertiary alicyclic amines) is 2. The van der Waals surface area contributed by atoms with E-state index < -0.39 is 5.97 Å². The fourth-order valence-corrected chi connectivity index (χ4v) is 3.10. The molecule has 1 unspecified atom stereocenters. The summed E-state index contributed by atoms with van der Waals surface area (Å²) in [7, 11) is 0. The summed E-state index contributed by atoms with van der Waals surface area (Å²) >= 11 is 0. The number of carbonyl (C=O) groups excluding carboxylic acids is 1. The summed E-state index contributed by atoms with van der Waals surface area (Å²) in [5.41, 5.74) is 0.512. The van der Waals surface area contributed by atoms with Crippen LogP contribution in [-0.4, -0.2) is 59.0 Å². The van der Waals surface area contributed by atoms with Crippen molar-refractivity contribution in [1.29, 1.82) is 0 Å². The molecular formula is C15H24N2O3. The van der Waals surface area contributed by atoms with Crippen molar-refractivity contribution in [3.63, 3.8) is 0 Å². The van der Waals surface area contributed by atoms with Crippen molar-refractivity contribution in [3.05, 3.63) is 11.1 Å². The fourth-order valence-electron chi connectivity index (χ4n) is 3.10. The zero-order valence-corrected chi connectivity index (χ0v) is 12.4. The molecule has 1 N–H and O–H groups in total. The van der Waals surface area contributed by atoms with E-state index in [1.54, 1.807) is 6.92 Å². The maximum atomic E-state index is 12.4. The molecule has 5 nitrogen and oxygen atoms in total. The lowest BCUT2D eigenvalue weighted by atomic mass is 10.0. The second-order valence-electron chi connectivity index (χ2n) is 5.85. The first kappa shape index (κ1) is 15.0. The van der Waals surface area contributed by atoms with Crippen molar-refractivity contribution >= 4 is 11.9 Å². The minimum atomic E-state index is -1.01. The van der Waals surface area contributed by atoms with Gasteiger partial charge < -0.3 is 10.0 Å². The number of carbonyl (C=O) groups is 2. The van der Waals surface area contributed by atoms with Crippen LogP contribution >= 0.6 is 0 Å². The Kier molecular flexibility index (Phi) is 4.81. The molecule has 2 fully saturated rings. The van der Waals surface area contributed by atoms with E-state index in [1.165, 1.54) is 19.8 Å². The molecule has 2 aliphatic rings. The van der Waals surface area contributed by atoms with E-state index in [0.29, 0.717) is 11.6 Å². The van der Waals surface area contributed by atoms with Crippen LogP contribution in [0.4, 0.5) is 0 Å². The minimum absolute atomic E-state index is 0.117. The van der Waals surface area contributed by atoms with Gasteiger partial charge in [0.1, 0.15) is 0 Å². The topological polar surface area (TPSA) is 60.9 Å². The van der Waals surface area contributed by atoms with Crippen LogP contribution in [0.5, 0.6) is 0 Å². The molecule has 2 rings (SSSR count). The minimum Gasteiger partial charge on any atom is -0.478 e. The molecule has 20 heavy (non-hydrogen) atoms. The summed E-state index contributed by atoms with van der Waals surface area (Å²) in [5.74, 6) is -1.13. The zero-order chi connectivity index (χ0) is 14.7. The Bertz CT molecular complexity index is 425. The lowest BCUT2D eigenvalue weighted by Crippen LogP contribution is -2.49. The first-order valence-corrected chi connectivity index (χ1v) is 7.45. The molecule has 0 saturated carbocycles. The van der Waals surface area contributed by atoms with Crippen LogP contribution in [0, 0.1) is 0 Å². The van der Waals surface area contributed by atoms with Crippen molar-refractivity contribution < 1.29 is 14.7 Å². The maximum absolute atomic E-state index is 12.4. The Labute approximate surface area is 120 Å². The number of rotatable bonds is 3. The highest BCUT2D eigenvalue weighted by molar-refractivity contribution is 6.01. The second kappa shape index (κ2) is 6.39. The molecule has 2 aliphatic heterocycles. The molecule has 0 aromatic rings. The number of hydrogen-bond donors (Lipinski definition) is 1. The van der Waals surface area contributed by atoms with Gasteiger partial charge >= 0.3 is 5.97 Å². The van der Waals surface area contributed by atoms with E-state index in [0.717, 1.165) is 39.0 Å². The van der Waals surface area contributed by atoms with Crippen LogP contribution < -0.4 is 0 Å². The Balaban J connectivity index is 2.03. The molecule has 2 heterocycles. The van der Waals surface area contributed by atoms with Gasteiger partial charge in [-0.1, -0.05) is 0 Å².